The molecule has 2 heteroatoms. The molecule has 1 rings (SSSR count). The number of benzene rings is 1. The molecule has 17 heavy (non-hydrogen) atoms. The fourth-order valence-corrected chi connectivity index (χ4v) is 2.07. The minimum atomic E-state index is 0.144. The van der Waals surface area contributed by atoms with E-state index in [1.54, 1.807) is 0 Å². The van der Waals surface area contributed by atoms with Gasteiger partial charge in [-0.1, -0.05) is 45.7 Å². The van der Waals surface area contributed by atoms with Crippen LogP contribution in [0.15, 0.2) is 24.3 Å². The maximum atomic E-state index is 6.27. The van der Waals surface area contributed by atoms with Crippen molar-refractivity contribution in [2.75, 3.05) is 6.61 Å². The Morgan fingerprint density at radius 3 is 2.12 bits per heavy atom. The van der Waals surface area contributed by atoms with Crippen LogP contribution < -0.4 is 10.5 Å². The fraction of sp³-hybridized carbons (Fsp3) is 0.600. The molecule has 96 valence electrons. The first-order valence-electron chi connectivity index (χ1n) is 6.71. The summed E-state index contributed by atoms with van der Waals surface area (Å²) in [7, 11) is 0. The lowest BCUT2D eigenvalue weighted by Crippen LogP contribution is -2.20. The van der Waals surface area contributed by atoms with E-state index in [1.165, 1.54) is 5.56 Å². The summed E-state index contributed by atoms with van der Waals surface area (Å²) in [4.78, 5) is 0. The van der Waals surface area contributed by atoms with Crippen molar-refractivity contribution in [1.29, 1.82) is 0 Å². The number of rotatable bonds is 7. The van der Waals surface area contributed by atoms with Crippen LogP contribution in [0, 0.1) is 5.92 Å². The van der Waals surface area contributed by atoms with Crippen molar-refractivity contribution in [3.63, 3.8) is 0 Å². The molecule has 0 saturated heterocycles. The summed E-state index contributed by atoms with van der Waals surface area (Å²) >= 11 is 0. The molecule has 0 radical (unpaired) electrons. The van der Waals surface area contributed by atoms with Crippen LogP contribution in [0.4, 0.5) is 0 Å². The maximum Gasteiger partial charge on any atom is 0.119 e. The molecule has 1 aromatic rings. The number of nitrogens with two attached hydrogens (primary N) is 1. The van der Waals surface area contributed by atoms with Gasteiger partial charge in [0.1, 0.15) is 5.75 Å². The van der Waals surface area contributed by atoms with Gasteiger partial charge in [-0.25, -0.2) is 0 Å². The first kappa shape index (κ1) is 14.0. The Kier molecular flexibility index (Phi) is 6.06. The average Bonchev–Trinajstić information content (AvgIpc) is 2.38. The lowest BCUT2D eigenvalue weighted by Gasteiger charge is -2.21. The van der Waals surface area contributed by atoms with Crippen LogP contribution in [0.1, 0.15) is 51.6 Å². The van der Waals surface area contributed by atoms with Gasteiger partial charge < -0.3 is 10.5 Å². The minimum Gasteiger partial charge on any atom is -0.494 e. The fourth-order valence-electron chi connectivity index (χ4n) is 2.07. The smallest absolute Gasteiger partial charge is 0.119 e. The highest BCUT2D eigenvalue weighted by Crippen LogP contribution is 2.26. The SMILES string of the molecule is CCCOc1ccc(C(N)C(CC)CC)cc1. The average molecular weight is 235 g/mol. The largest absolute Gasteiger partial charge is 0.494 e. The zero-order valence-electron chi connectivity index (χ0n) is 11.3. The summed E-state index contributed by atoms with van der Waals surface area (Å²) in [5.41, 5.74) is 7.48. The summed E-state index contributed by atoms with van der Waals surface area (Å²) < 4.78 is 5.56. The molecule has 0 fully saturated rings. The van der Waals surface area contributed by atoms with Crippen LogP contribution in [0.5, 0.6) is 5.75 Å². The normalized spacial score (nSPS) is 12.8. The van der Waals surface area contributed by atoms with Gasteiger partial charge in [0.2, 0.25) is 0 Å². The maximum absolute atomic E-state index is 6.27. The molecule has 2 nitrogen and oxygen atoms in total. The lowest BCUT2D eigenvalue weighted by molar-refractivity contribution is 0.317. The van der Waals surface area contributed by atoms with E-state index in [0.29, 0.717) is 5.92 Å². The third-order valence-electron chi connectivity index (χ3n) is 3.29. The van der Waals surface area contributed by atoms with Crippen molar-refractivity contribution in [3.05, 3.63) is 29.8 Å². The monoisotopic (exact) mass is 235 g/mol. The van der Waals surface area contributed by atoms with E-state index in [4.69, 9.17) is 10.5 Å². The van der Waals surface area contributed by atoms with Crippen molar-refractivity contribution >= 4 is 0 Å². The summed E-state index contributed by atoms with van der Waals surface area (Å²) in [6.45, 7) is 7.29. The highest BCUT2D eigenvalue weighted by molar-refractivity contribution is 5.29. The zero-order valence-corrected chi connectivity index (χ0v) is 11.3. The molecule has 1 atom stereocenters. The van der Waals surface area contributed by atoms with Crippen LogP contribution >= 0.6 is 0 Å². The van der Waals surface area contributed by atoms with Crippen LogP contribution in [0.2, 0.25) is 0 Å². The van der Waals surface area contributed by atoms with E-state index >= 15 is 0 Å². The Morgan fingerprint density at radius 2 is 1.65 bits per heavy atom. The second-order valence-electron chi connectivity index (χ2n) is 4.52. The number of ether oxygens (including phenoxy) is 1. The van der Waals surface area contributed by atoms with Crippen molar-refractivity contribution in [2.45, 2.75) is 46.1 Å². The van der Waals surface area contributed by atoms with Gasteiger partial charge in [-0.3, -0.25) is 0 Å². The Labute approximate surface area is 105 Å². The van der Waals surface area contributed by atoms with Gasteiger partial charge in [0, 0.05) is 6.04 Å². The summed E-state index contributed by atoms with van der Waals surface area (Å²) in [5, 5.41) is 0. The molecule has 0 aromatic heterocycles. The van der Waals surface area contributed by atoms with Gasteiger partial charge in [0.05, 0.1) is 6.61 Å². The molecule has 0 aliphatic heterocycles. The molecule has 0 amide bonds. The van der Waals surface area contributed by atoms with E-state index in [-0.39, 0.29) is 6.04 Å². The van der Waals surface area contributed by atoms with Gasteiger partial charge in [-0.05, 0) is 30.0 Å². The molecular formula is C15H25NO. The molecule has 0 heterocycles. The Hall–Kier alpha value is -1.02. The molecule has 2 N–H and O–H groups in total. The zero-order chi connectivity index (χ0) is 12.7. The molecule has 1 aromatic carbocycles. The van der Waals surface area contributed by atoms with E-state index in [1.807, 2.05) is 12.1 Å². The van der Waals surface area contributed by atoms with E-state index in [2.05, 4.69) is 32.9 Å². The molecule has 0 aliphatic carbocycles. The van der Waals surface area contributed by atoms with Crippen molar-refractivity contribution < 1.29 is 4.74 Å². The van der Waals surface area contributed by atoms with Gasteiger partial charge >= 0.3 is 0 Å². The highest BCUT2D eigenvalue weighted by atomic mass is 16.5. The predicted molar refractivity (Wildman–Crippen MR) is 73.2 cm³/mol. The number of hydrogen-bond acceptors (Lipinski definition) is 2. The topological polar surface area (TPSA) is 35.2 Å². The van der Waals surface area contributed by atoms with Gasteiger partial charge in [0.15, 0.2) is 0 Å². The predicted octanol–water partition coefficient (Wildman–Crippen LogP) is 3.91. The second-order valence-corrected chi connectivity index (χ2v) is 4.52. The summed E-state index contributed by atoms with van der Waals surface area (Å²) in [6.07, 6.45) is 3.30. The second kappa shape index (κ2) is 7.33. The summed E-state index contributed by atoms with van der Waals surface area (Å²) in [5.74, 6) is 1.50. The highest BCUT2D eigenvalue weighted by Gasteiger charge is 2.15. The third kappa shape index (κ3) is 4.04. The van der Waals surface area contributed by atoms with Crippen LogP contribution in [0.25, 0.3) is 0 Å². The van der Waals surface area contributed by atoms with Gasteiger partial charge in [0.25, 0.3) is 0 Å². The quantitative estimate of drug-likeness (QED) is 0.777. The molecule has 0 saturated carbocycles. The van der Waals surface area contributed by atoms with Crippen molar-refractivity contribution in [1.82, 2.24) is 0 Å². The first-order chi connectivity index (χ1) is 8.22. The Balaban J connectivity index is 2.66. The lowest BCUT2D eigenvalue weighted by atomic mass is 9.90. The first-order valence-corrected chi connectivity index (χ1v) is 6.71. The number of hydrogen-bond donors (Lipinski definition) is 1. The van der Waals surface area contributed by atoms with E-state index in [9.17, 15) is 0 Å². The van der Waals surface area contributed by atoms with Crippen LogP contribution in [-0.2, 0) is 0 Å². The minimum absolute atomic E-state index is 0.144. The molecule has 0 bridgehead atoms. The molecule has 1 unspecified atom stereocenters. The molecule has 0 spiro atoms. The van der Waals surface area contributed by atoms with E-state index in [0.717, 1.165) is 31.6 Å². The Morgan fingerprint density at radius 1 is 1.06 bits per heavy atom. The summed E-state index contributed by atoms with van der Waals surface area (Å²) in [6, 6.07) is 8.37. The molecular weight excluding hydrogens is 210 g/mol. The van der Waals surface area contributed by atoms with Gasteiger partial charge in [-0.15, -0.1) is 0 Å². The van der Waals surface area contributed by atoms with E-state index < -0.39 is 0 Å². The third-order valence-corrected chi connectivity index (χ3v) is 3.29. The molecule has 0 aliphatic rings. The van der Waals surface area contributed by atoms with Crippen LogP contribution in [-0.4, -0.2) is 6.61 Å². The van der Waals surface area contributed by atoms with Crippen molar-refractivity contribution in [2.24, 2.45) is 11.7 Å². The Bertz CT molecular complexity index is 303. The standard InChI is InChI=1S/C15H25NO/c1-4-11-17-14-9-7-13(8-10-14)15(16)12(5-2)6-3/h7-10,12,15H,4-6,11,16H2,1-3H3. The van der Waals surface area contributed by atoms with Gasteiger partial charge in [-0.2, -0.15) is 0 Å². The van der Waals surface area contributed by atoms with Crippen molar-refractivity contribution in [3.8, 4) is 5.75 Å². The van der Waals surface area contributed by atoms with Crippen LogP contribution in [0.3, 0.4) is 0 Å².